The van der Waals surface area contributed by atoms with E-state index in [1.54, 1.807) is 12.1 Å². The van der Waals surface area contributed by atoms with Crippen LogP contribution in [0.4, 0.5) is 11.4 Å². The molecule has 0 aromatic heterocycles. The first-order valence-electron chi connectivity index (χ1n) is 6.47. The smallest absolute Gasteiger partial charge is 0.269 e. The maximum atomic E-state index is 10.6. The number of thiocarbonyl (C=S) groups is 1. The van der Waals surface area contributed by atoms with Crippen molar-refractivity contribution in [3.05, 3.63) is 69.2 Å². The van der Waals surface area contributed by atoms with Crippen LogP contribution in [0.2, 0.25) is 5.02 Å². The lowest BCUT2D eigenvalue weighted by Crippen LogP contribution is -2.30. The van der Waals surface area contributed by atoms with Gasteiger partial charge in [0, 0.05) is 36.4 Å². The van der Waals surface area contributed by atoms with Crippen LogP contribution in [0.1, 0.15) is 5.56 Å². The number of hydrogen-bond donors (Lipinski definition) is 1. The van der Waals surface area contributed by atoms with Gasteiger partial charge in [0.05, 0.1) is 4.92 Å². The van der Waals surface area contributed by atoms with Crippen LogP contribution in [0.3, 0.4) is 0 Å². The van der Waals surface area contributed by atoms with Crippen LogP contribution in [0.15, 0.2) is 48.5 Å². The number of hydrogen-bond acceptors (Lipinski definition) is 3. The average molecular weight is 336 g/mol. The van der Waals surface area contributed by atoms with Crippen LogP contribution in [0.25, 0.3) is 0 Å². The Morgan fingerprint density at radius 1 is 1.32 bits per heavy atom. The molecule has 0 aliphatic carbocycles. The average Bonchev–Trinajstić information content (AvgIpc) is 2.47. The first kappa shape index (κ1) is 16.2. The zero-order valence-electron chi connectivity index (χ0n) is 11.8. The van der Waals surface area contributed by atoms with Gasteiger partial charge in [0.1, 0.15) is 0 Å². The quantitative estimate of drug-likeness (QED) is 0.518. The molecule has 0 amide bonds. The fourth-order valence-corrected chi connectivity index (χ4v) is 2.26. The van der Waals surface area contributed by atoms with Crippen molar-refractivity contribution < 1.29 is 4.92 Å². The minimum atomic E-state index is -0.437. The molecule has 0 aliphatic heterocycles. The summed E-state index contributed by atoms with van der Waals surface area (Å²) in [4.78, 5) is 12.0. The van der Waals surface area contributed by atoms with Gasteiger partial charge in [-0.2, -0.15) is 0 Å². The van der Waals surface area contributed by atoms with Crippen molar-refractivity contribution in [2.45, 2.75) is 6.54 Å². The highest BCUT2D eigenvalue weighted by atomic mass is 35.5. The molecule has 22 heavy (non-hydrogen) atoms. The van der Waals surface area contributed by atoms with Crippen molar-refractivity contribution in [1.82, 2.24) is 4.90 Å². The van der Waals surface area contributed by atoms with Gasteiger partial charge in [-0.25, -0.2) is 0 Å². The van der Waals surface area contributed by atoms with Gasteiger partial charge in [0.25, 0.3) is 5.69 Å². The molecule has 0 fully saturated rings. The van der Waals surface area contributed by atoms with Gasteiger partial charge < -0.3 is 10.2 Å². The molecule has 0 saturated carbocycles. The number of non-ortho nitro benzene ring substituents is 1. The Labute approximate surface area is 138 Å². The first-order valence-corrected chi connectivity index (χ1v) is 7.25. The molecule has 2 rings (SSSR count). The number of rotatable bonds is 4. The highest BCUT2D eigenvalue weighted by Gasteiger charge is 2.08. The summed E-state index contributed by atoms with van der Waals surface area (Å²) in [6.45, 7) is 0.610. The van der Waals surface area contributed by atoms with Crippen LogP contribution in [0.5, 0.6) is 0 Å². The SMILES string of the molecule is CN(Cc1cccc(Cl)c1)C(=S)Nc1ccc([N+](=O)[O-])cc1. The van der Waals surface area contributed by atoms with E-state index in [4.69, 9.17) is 23.8 Å². The fourth-order valence-electron chi connectivity index (χ4n) is 1.87. The van der Waals surface area contributed by atoms with Gasteiger partial charge in [0.15, 0.2) is 5.11 Å². The number of nitro groups is 1. The predicted molar refractivity (Wildman–Crippen MR) is 92.2 cm³/mol. The first-order chi connectivity index (χ1) is 10.5. The minimum Gasteiger partial charge on any atom is -0.348 e. The summed E-state index contributed by atoms with van der Waals surface area (Å²) < 4.78 is 0. The number of benzene rings is 2. The van der Waals surface area contributed by atoms with Crippen molar-refractivity contribution in [3.63, 3.8) is 0 Å². The molecular formula is C15H14ClN3O2S. The molecule has 0 aliphatic rings. The van der Waals surface area contributed by atoms with Crippen molar-refractivity contribution in [3.8, 4) is 0 Å². The summed E-state index contributed by atoms with van der Waals surface area (Å²) in [6.07, 6.45) is 0. The Balaban J connectivity index is 1.97. The van der Waals surface area contributed by atoms with Crippen LogP contribution in [-0.2, 0) is 6.54 Å². The largest absolute Gasteiger partial charge is 0.348 e. The topological polar surface area (TPSA) is 58.4 Å². The third-order valence-electron chi connectivity index (χ3n) is 2.98. The Bertz CT molecular complexity index is 691. The minimum absolute atomic E-state index is 0.0451. The zero-order valence-corrected chi connectivity index (χ0v) is 13.4. The summed E-state index contributed by atoms with van der Waals surface area (Å²) in [7, 11) is 1.86. The molecule has 0 atom stereocenters. The molecule has 0 heterocycles. The Kier molecular flexibility index (Phi) is 5.30. The molecule has 1 N–H and O–H groups in total. The van der Waals surface area contributed by atoms with Crippen LogP contribution < -0.4 is 5.32 Å². The van der Waals surface area contributed by atoms with E-state index >= 15 is 0 Å². The molecule has 2 aromatic rings. The lowest BCUT2D eigenvalue weighted by molar-refractivity contribution is -0.384. The van der Waals surface area contributed by atoms with E-state index < -0.39 is 4.92 Å². The fraction of sp³-hybridized carbons (Fsp3) is 0.133. The summed E-state index contributed by atoms with van der Waals surface area (Å²) in [5, 5.41) is 14.9. The number of halogens is 1. The van der Waals surface area contributed by atoms with Crippen LogP contribution >= 0.6 is 23.8 Å². The van der Waals surface area contributed by atoms with Crippen molar-refractivity contribution in [1.29, 1.82) is 0 Å². The van der Waals surface area contributed by atoms with Gasteiger partial charge >= 0.3 is 0 Å². The zero-order chi connectivity index (χ0) is 16.1. The summed E-state index contributed by atoms with van der Waals surface area (Å²) in [6, 6.07) is 13.7. The molecule has 0 unspecified atom stereocenters. The molecule has 5 nitrogen and oxygen atoms in total. The Morgan fingerprint density at radius 3 is 2.59 bits per heavy atom. The molecule has 0 bridgehead atoms. The maximum Gasteiger partial charge on any atom is 0.269 e. The second kappa shape index (κ2) is 7.20. The van der Waals surface area contributed by atoms with Crippen molar-refractivity contribution in [2.75, 3.05) is 12.4 Å². The van der Waals surface area contributed by atoms with Gasteiger partial charge in [-0.15, -0.1) is 0 Å². The highest BCUT2D eigenvalue weighted by molar-refractivity contribution is 7.80. The van der Waals surface area contributed by atoms with E-state index in [9.17, 15) is 10.1 Å². The molecular weight excluding hydrogens is 322 g/mol. The summed E-state index contributed by atoms with van der Waals surface area (Å²) in [5.41, 5.74) is 1.79. The van der Waals surface area contributed by atoms with Crippen molar-refractivity contribution >= 4 is 40.3 Å². The second-order valence-corrected chi connectivity index (χ2v) is 5.54. The summed E-state index contributed by atoms with van der Waals surface area (Å²) in [5.74, 6) is 0. The monoisotopic (exact) mass is 335 g/mol. The standard InChI is InChI=1S/C15H14ClN3O2S/c1-18(10-11-3-2-4-12(16)9-11)15(22)17-13-5-7-14(8-6-13)19(20)21/h2-9H,10H2,1H3,(H,17,22). The second-order valence-electron chi connectivity index (χ2n) is 4.72. The van der Waals surface area contributed by atoms with E-state index in [-0.39, 0.29) is 5.69 Å². The van der Waals surface area contributed by atoms with E-state index in [1.807, 2.05) is 36.2 Å². The highest BCUT2D eigenvalue weighted by Crippen LogP contribution is 2.16. The lowest BCUT2D eigenvalue weighted by Gasteiger charge is -2.21. The van der Waals surface area contributed by atoms with E-state index in [1.165, 1.54) is 12.1 Å². The lowest BCUT2D eigenvalue weighted by atomic mass is 10.2. The maximum absolute atomic E-state index is 10.6. The number of nitro benzene ring substituents is 1. The molecule has 0 spiro atoms. The predicted octanol–water partition coefficient (Wildman–Crippen LogP) is 4.08. The van der Waals surface area contributed by atoms with Gasteiger partial charge in [-0.3, -0.25) is 10.1 Å². The van der Waals surface area contributed by atoms with Gasteiger partial charge in [-0.05, 0) is 42.0 Å². The van der Waals surface area contributed by atoms with Gasteiger partial charge in [0.2, 0.25) is 0 Å². The number of nitrogens with zero attached hydrogens (tertiary/aromatic N) is 2. The van der Waals surface area contributed by atoms with E-state index in [2.05, 4.69) is 5.32 Å². The Hall–Kier alpha value is -2.18. The normalized spacial score (nSPS) is 10.1. The third-order valence-corrected chi connectivity index (χ3v) is 3.63. The molecule has 2 aromatic carbocycles. The molecule has 0 saturated heterocycles. The third kappa shape index (κ3) is 4.41. The molecule has 114 valence electrons. The van der Waals surface area contributed by atoms with E-state index in [0.29, 0.717) is 22.4 Å². The number of nitrogens with one attached hydrogen (secondary N) is 1. The van der Waals surface area contributed by atoms with Crippen LogP contribution in [-0.4, -0.2) is 22.0 Å². The molecule has 7 heteroatoms. The van der Waals surface area contributed by atoms with E-state index in [0.717, 1.165) is 5.56 Å². The van der Waals surface area contributed by atoms with Gasteiger partial charge in [-0.1, -0.05) is 23.7 Å². The Morgan fingerprint density at radius 2 is 2.00 bits per heavy atom. The van der Waals surface area contributed by atoms with Crippen molar-refractivity contribution in [2.24, 2.45) is 0 Å². The molecule has 0 radical (unpaired) electrons. The summed E-state index contributed by atoms with van der Waals surface area (Å²) >= 11 is 11.3. The van der Waals surface area contributed by atoms with Crippen LogP contribution in [0, 0.1) is 10.1 Å². The number of anilines is 1.